The van der Waals surface area contributed by atoms with Gasteiger partial charge in [-0.05, 0) is 24.8 Å². The SMILES string of the molecule is CCC(C)(O)CNCC(C)(C)c1cccs1. The van der Waals surface area contributed by atoms with Gasteiger partial charge in [0.1, 0.15) is 0 Å². The summed E-state index contributed by atoms with van der Waals surface area (Å²) in [7, 11) is 0. The number of thiophene rings is 1. The van der Waals surface area contributed by atoms with Crippen LogP contribution in [-0.4, -0.2) is 23.8 Å². The maximum absolute atomic E-state index is 9.89. The highest BCUT2D eigenvalue weighted by Gasteiger charge is 2.23. The van der Waals surface area contributed by atoms with Crippen molar-refractivity contribution in [2.45, 2.75) is 45.1 Å². The second kappa shape index (κ2) is 5.30. The molecule has 0 fully saturated rings. The molecule has 1 atom stereocenters. The van der Waals surface area contributed by atoms with Crippen LogP contribution >= 0.6 is 11.3 Å². The Morgan fingerprint density at radius 2 is 2.00 bits per heavy atom. The number of hydrogen-bond acceptors (Lipinski definition) is 3. The molecule has 1 heterocycles. The zero-order valence-corrected chi connectivity index (χ0v) is 11.5. The normalized spacial score (nSPS) is 16.1. The molecule has 0 spiro atoms. The first-order valence-electron chi connectivity index (χ1n) is 5.84. The minimum atomic E-state index is -0.592. The zero-order valence-electron chi connectivity index (χ0n) is 10.7. The molecule has 92 valence electrons. The van der Waals surface area contributed by atoms with Crippen molar-refractivity contribution < 1.29 is 5.11 Å². The number of aliphatic hydroxyl groups is 1. The molecule has 0 amide bonds. The van der Waals surface area contributed by atoms with Crippen LogP contribution in [0.2, 0.25) is 0 Å². The predicted molar refractivity (Wildman–Crippen MR) is 71.1 cm³/mol. The summed E-state index contributed by atoms with van der Waals surface area (Å²) in [6.07, 6.45) is 0.777. The van der Waals surface area contributed by atoms with E-state index in [0.29, 0.717) is 6.54 Å². The molecule has 0 aliphatic heterocycles. The summed E-state index contributed by atoms with van der Waals surface area (Å²) >= 11 is 1.79. The Labute approximate surface area is 103 Å². The highest BCUT2D eigenvalue weighted by atomic mass is 32.1. The van der Waals surface area contributed by atoms with E-state index in [1.807, 2.05) is 13.8 Å². The summed E-state index contributed by atoms with van der Waals surface area (Å²) < 4.78 is 0. The lowest BCUT2D eigenvalue weighted by Gasteiger charge is -2.27. The lowest BCUT2D eigenvalue weighted by Crippen LogP contribution is -2.42. The van der Waals surface area contributed by atoms with Gasteiger partial charge in [-0.3, -0.25) is 0 Å². The molecule has 0 aliphatic carbocycles. The molecule has 0 aromatic carbocycles. The fraction of sp³-hybridized carbons (Fsp3) is 0.692. The van der Waals surface area contributed by atoms with Gasteiger partial charge >= 0.3 is 0 Å². The Morgan fingerprint density at radius 3 is 2.50 bits per heavy atom. The molecule has 0 saturated carbocycles. The first kappa shape index (κ1) is 13.7. The second-order valence-corrected chi connectivity index (χ2v) is 6.26. The average Bonchev–Trinajstić information content (AvgIpc) is 2.70. The molecule has 2 N–H and O–H groups in total. The van der Waals surface area contributed by atoms with Crippen molar-refractivity contribution in [1.29, 1.82) is 0 Å². The van der Waals surface area contributed by atoms with E-state index >= 15 is 0 Å². The standard InChI is InChI=1S/C13H23NOS/c1-5-13(4,15)10-14-9-12(2,3)11-7-6-8-16-11/h6-8,14-15H,5,9-10H2,1-4H3. The van der Waals surface area contributed by atoms with Crippen LogP contribution in [0, 0.1) is 0 Å². The van der Waals surface area contributed by atoms with Crippen molar-refractivity contribution in [3.63, 3.8) is 0 Å². The Balaban J connectivity index is 2.43. The van der Waals surface area contributed by atoms with Crippen LogP contribution < -0.4 is 5.32 Å². The van der Waals surface area contributed by atoms with E-state index in [0.717, 1.165) is 13.0 Å². The van der Waals surface area contributed by atoms with Gasteiger partial charge in [0.15, 0.2) is 0 Å². The fourth-order valence-electron chi connectivity index (χ4n) is 1.52. The molecule has 1 aromatic heterocycles. The van der Waals surface area contributed by atoms with Crippen molar-refractivity contribution >= 4 is 11.3 Å². The van der Waals surface area contributed by atoms with E-state index in [1.165, 1.54) is 4.88 Å². The van der Waals surface area contributed by atoms with E-state index < -0.39 is 5.60 Å². The smallest absolute Gasteiger partial charge is 0.0740 e. The molecule has 1 aromatic rings. The molecule has 2 nitrogen and oxygen atoms in total. The van der Waals surface area contributed by atoms with Crippen LogP contribution in [0.15, 0.2) is 17.5 Å². The van der Waals surface area contributed by atoms with E-state index in [4.69, 9.17) is 0 Å². The number of nitrogens with one attached hydrogen (secondary N) is 1. The Bertz CT molecular complexity index is 304. The molecule has 1 rings (SSSR count). The molecule has 0 bridgehead atoms. The average molecular weight is 241 g/mol. The van der Waals surface area contributed by atoms with Gasteiger partial charge in [0.25, 0.3) is 0 Å². The fourth-order valence-corrected chi connectivity index (χ4v) is 2.37. The summed E-state index contributed by atoms with van der Waals surface area (Å²) in [5.74, 6) is 0. The van der Waals surface area contributed by atoms with Gasteiger partial charge in [0.05, 0.1) is 5.60 Å². The van der Waals surface area contributed by atoms with Crippen LogP contribution in [0.3, 0.4) is 0 Å². The second-order valence-electron chi connectivity index (χ2n) is 5.32. The molecule has 1 unspecified atom stereocenters. The molecule has 3 heteroatoms. The van der Waals surface area contributed by atoms with Crippen LogP contribution in [0.1, 0.15) is 39.0 Å². The van der Waals surface area contributed by atoms with Crippen LogP contribution in [0.5, 0.6) is 0 Å². The third-order valence-electron chi connectivity index (χ3n) is 3.02. The third kappa shape index (κ3) is 3.89. The predicted octanol–water partition coefficient (Wildman–Crippen LogP) is 2.78. The van der Waals surface area contributed by atoms with Crippen molar-refractivity contribution in [3.8, 4) is 0 Å². The summed E-state index contributed by atoms with van der Waals surface area (Å²) in [4.78, 5) is 1.39. The molecule has 0 radical (unpaired) electrons. The van der Waals surface area contributed by atoms with E-state index in [-0.39, 0.29) is 5.41 Å². The minimum absolute atomic E-state index is 0.137. The van der Waals surface area contributed by atoms with Crippen molar-refractivity contribution in [3.05, 3.63) is 22.4 Å². The van der Waals surface area contributed by atoms with Gasteiger partial charge in [-0.2, -0.15) is 0 Å². The maximum Gasteiger partial charge on any atom is 0.0740 e. The largest absolute Gasteiger partial charge is 0.389 e. The Morgan fingerprint density at radius 1 is 1.31 bits per heavy atom. The van der Waals surface area contributed by atoms with Crippen LogP contribution in [-0.2, 0) is 5.41 Å². The quantitative estimate of drug-likeness (QED) is 0.802. The summed E-state index contributed by atoms with van der Waals surface area (Å²) in [5.41, 5.74) is -0.455. The van der Waals surface area contributed by atoms with Crippen LogP contribution in [0.25, 0.3) is 0 Å². The third-order valence-corrected chi connectivity index (χ3v) is 4.26. The zero-order chi connectivity index (χ0) is 12.2. The van der Waals surface area contributed by atoms with Crippen molar-refractivity contribution in [2.24, 2.45) is 0 Å². The monoisotopic (exact) mass is 241 g/mol. The van der Waals surface area contributed by atoms with Crippen molar-refractivity contribution in [1.82, 2.24) is 5.32 Å². The van der Waals surface area contributed by atoms with Gasteiger partial charge < -0.3 is 10.4 Å². The highest BCUT2D eigenvalue weighted by Crippen LogP contribution is 2.26. The van der Waals surface area contributed by atoms with Gasteiger partial charge in [-0.1, -0.05) is 26.8 Å². The highest BCUT2D eigenvalue weighted by molar-refractivity contribution is 7.10. The first-order chi connectivity index (χ1) is 7.37. The van der Waals surface area contributed by atoms with Crippen molar-refractivity contribution in [2.75, 3.05) is 13.1 Å². The van der Waals surface area contributed by atoms with Crippen LogP contribution in [0.4, 0.5) is 0 Å². The van der Waals surface area contributed by atoms with Gasteiger partial charge in [-0.15, -0.1) is 11.3 Å². The lowest BCUT2D eigenvalue weighted by atomic mass is 9.91. The van der Waals surface area contributed by atoms with Gasteiger partial charge in [-0.25, -0.2) is 0 Å². The molecular formula is C13H23NOS. The van der Waals surface area contributed by atoms with E-state index in [1.54, 1.807) is 11.3 Å². The molecular weight excluding hydrogens is 218 g/mol. The Kier molecular flexibility index (Phi) is 4.53. The van der Waals surface area contributed by atoms with E-state index in [9.17, 15) is 5.11 Å². The number of rotatable bonds is 6. The maximum atomic E-state index is 9.89. The van der Waals surface area contributed by atoms with Gasteiger partial charge in [0, 0.05) is 23.4 Å². The molecule has 0 aliphatic rings. The topological polar surface area (TPSA) is 32.3 Å². The molecule has 16 heavy (non-hydrogen) atoms. The summed E-state index contributed by atoms with van der Waals surface area (Å²) in [5, 5.41) is 15.4. The first-order valence-corrected chi connectivity index (χ1v) is 6.72. The van der Waals surface area contributed by atoms with Gasteiger partial charge in [0.2, 0.25) is 0 Å². The molecule has 0 saturated heterocycles. The minimum Gasteiger partial charge on any atom is -0.389 e. The lowest BCUT2D eigenvalue weighted by molar-refractivity contribution is 0.0548. The summed E-state index contributed by atoms with van der Waals surface area (Å²) in [6, 6.07) is 4.26. The van der Waals surface area contributed by atoms with E-state index in [2.05, 4.69) is 36.7 Å². The number of hydrogen-bond donors (Lipinski definition) is 2. The Hall–Kier alpha value is -0.380. The summed E-state index contributed by atoms with van der Waals surface area (Å²) in [6.45, 7) is 9.88.